The first kappa shape index (κ1) is 15.9. The molecule has 0 aliphatic carbocycles. The van der Waals surface area contributed by atoms with E-state index in [4.69, 9.17) is 16.2 Å². The number of hydrogen-bond acceptors (Lipinski definition) is 5. The molecule has 1 amide bonds. The summed E-state index contributed by atoms with van der Waals surface area (Å²) < 4.78 is 5.46. The lowest BCUT2D eigenvalue weighted by molar-refractivity contribution is -0.385. The largest absolute Gasteiger partial charge is 0.487 e. The lowest BCUT2D eigenvalue weighted by Gasteiger charge is -2.20. The van der Waals surface area contributed by atoms with Gasteiger partial charge >= 0.3 is 5.69 Å². The zero-order valence-corrected chi connectivity index (χ0v) is 11.6. The third kappa shape index (κ3) is 3.92. The molecule has 7 nitrogen and oxygen atoms in total. The van der Waals surface area contributed by atoms with E-state index in [0.717, 1.165) is 0 Å². The summed E-state index contributed by atoms with van der Waals surface area (Å²) in [6, 6.07) is 4.72. The van der Waals surface area contributed by atoms with Crippen LogP contribution in [0.15, 0.2) is 18.2 Å². The maximum atomic E-state index is 11.0. The molecule has 0 aliphatic rings. The van der Waals surface area contributed by atoms with Gasteiger partial charge in [0.25, 0.3) is 0 Å². The number of carbonyl (C=O) groups is 1. The molecule has 0 aromatic heterocycles. The third-order valence-electron chi connectivity index (χ3n) is 3.04. The Bertz CT molecular complexity index is 514. The molecule has 110 valence electrons. The van der Waals surface area contributed by atoms with Crippen molar-refractivity contribution in [2.24, 2.45) is 11.5 Å². The quantitative estimate of drug-likeness (QED) is 0.442. The van der Waals surface area contributed by atoms with E-state index < -0.39 is 16.4 Å². The van der Waals surface area contributed by atoms with Crippen molar-refractivity contribution in [1.82, 2.24) is 0 Å². The fraction of sp³-hybridized carbons (Fsp3) is 0.462. The molecule has 0 bridgehead atoms. The second-order valence-corrected chi connectivity index (χ2v) is 4.91. The van der Waals surface area contributed by atoms with E-state index in [9.17, 15) is 14.9 Å². The van der Waals surface area contributed by atoms with Gasteiger partial charge in [0.05, 0.1) is 17.1 Å². The predicted molar refractivity (Wildman–Crippen MR) is 74.3 cm³/mol. The molecular weight excluding hydrogens is 262 g/mol. The van der Waals surface area contributed by atoms with Crippen molar-refractivity contribution in [3.8, 4) is 5.75 Å². The second-order valence-electron chi connectivity index (χ2n) is 4.91. The van der Waals surface area contributed by atoms with Crippen molar-refractivity contribution in [2.45, 2.75) is 32.2 Å². The summed E-state index contributed by atoms with van der Waals surface area (Å²) in [5.41, 5.74) is 10.4. The lowest BCUT2D eigenvalue weighted by atomic mass is 9.97. The number of benzene rings is 1. The Kier molecular flexibility index (Phi) is 5.04. The highest BCUT2D eigenvalue weighted by Gasteiger charge is 2.25. The number of aryl methyl sites for hydroxylation is 1. The van der Waals surface area contributed by atoms with E-state index >= 15 is 0 Å². The molecule has 0 fully saturated rings. The molecule has 1 rings (SSSR count). The Morgan fingerprint density at radius 2 is 2.15 bits per heavy atom. The number of primary amides is 1. The van der Waals surface area contributed by atoms with Gasteiger partial charge < -0.3 is 16.2 Å². The average Bonchev–Trinajstić information content (AvgIpc) is 2.35. The zero-order chi connectivity index (χ0) is 15.3. The maximum absolute atomic E-state index is 11.0. The zero-order valence-electron chi connectivity index (χ0n) is 11.6. The fourth-order valence-electron chi connectivity index (χ4n) is 1.71. The van der Waals surface area contributed by atoms with Gasteiger partial charge in [-0.3, -0.25) is 14.9 Å². The summed E-state index contributed by atoms with van der Waals surface area (Å²) in [7, 11) is 0. The monoisotopic (exact) mass is 281 g/mol. The number of carbonyl (C=O) groups excluding carboxylic acids is 1. The minimum absolute atomic E-state index is 0.0737. The van der Waals surface area contributed by atoms with Gasteiger partial charge in [0.15, 0.2) is 5.75 Å². The normalized spacial score (nSPS) is 13.6. The van der Waals surface area contributed by atoms with Crippen LogP contribution in [0, 0.1) is 17.0 Å². The molecule has 20 heavy (non-hydrogen) atoms. The van der Waals surface area contributed by atoms with E-state index in [0.29, 0.717) is 18.4 Å². The summed E-state index contributed by atoms with van der Waals surface area (Å²) in [5, 5.41) is 10.9. The van der Waals surface area contributed by atoms with Crippen LogP contribution in [0.4, 0.5) is 5.69 Å². The van der Waals surface area contributed by atoms with Crippen molar-refractivity contribution in [2.75, 3.05) is 6.61 Å². The van der Waals surface area contributed by atoms with Crippen LogP contribution in [0.1, 0.15) is 25.3 Å². The number of nitrogens with two attached hydrogens (primary N) is 2. The van der Waals surface area contributed by atoms with Crippen molar-refractivity contribution < 1.29 is 14.5 Å². The van der Waals surface area contributed by atoms with Crippen molar-refractivity contribution >= 4 is 11.6 Å². The highest BCUT2D eigenvalue weighted by Crippen LogP contribution is 2.30. The Morgan fingerprint density at radius 3 is 2.70 bits per heavy atom. The van der Waals surface area contributed by atoms with E-state index in [1.165, 1.54) is 6.07 Å². The predicted octanol–water partition coefficient (Wildman–Crippen LogP) is 1.26. The van der Waals surface area contributed by atoms with Gasteiger partial charge in [-0.15, -0.1) is 0 Å². The molecule has 0 saturated carbocycles. The molecule has 7 heteroatoms. The van der Waals surface area contributed by atoms with Crippen LogP contribution in [0.3, 0.4) is 0 Å². The smallest absolute Gasteiger partial charge is 0.311 e. The lowest BCUT2D eigenvalue weighted by Crippen LogP contribution is -2.49. The van der Waals surface area contributed by atoms with Crippen LogP contribution in [0.5, 0.6) is 5.75 Å². The molecule has 1 unspecified atom stereocenters. The summed E-state index contributed by atoms with van der Waals surface area (Å²) in [6.07, 6.45) is 0.823. The van der Waals surface area contributed by atoms with Crippen LogP contribution < -0.4 is 16.2 Å². The number of nitro benzene ring substituents is 1. The second kappa shape index (κ2) is 6.33. The fourth-order valence-corrected chi connectivity index (χ4v) is 1.71. The molecule has 0 aliphatic heterocycles. The number of nitrogens with zero attached hydrogens (tertiary/aromatic N) is 1. The molecular formula is C13H19N3O4. The summed E-state index contributed by atoms with van der Waals surface area (Å²) in [5.74, 6) is -0.338. The van der Waals surface area contributed by atoms with Gasteiger partial charge in [-0.2, -0.15) is 0 Å². The number of ether oxygens (including phenoxy) is 1. The molecule has 1 aromatic carbocycles. The summed E-state index contributed by atoms with van der Waals surface area (Å²) in [6.45, 7) is 3.51. The minimum Gasteiger partial charge on any atom is -0.487 e. The first-order valence-corrected chi connectivity index (χ1v) is 6.21. The van der Waals surface area contributed by atoms with Crippen molar-refractivity contribution in [3.63, 3.8) is 0 Å². The number of amides is 1. The molecule has 4 N–H and O–H groups in total. The van der Waals surface area contributed by atoms with Gasteiger partial charge in [0.2, 0.25) is 5.91 Å². The first-order chi connectivity index (χ1) is 9.25. The summed E-state index contributed by atoms with van der Waals surface area (Å²) >= 11 is 0. The highest BCUT2D eigenvalue weighted by molar-refractivity contribution is 5.83. The van der Waals surface area contributed by atoms with Crippen LogP contribution in [0.25, 0.3) is 0 Å². The summed E-state index contributed by atoms with van der Waals surface area (Å²) in [4.78, 5) is 21.5. The Balaban J connectivity index is 2.63. The molecule has 0 saturated heterocycles. The Labute approximate surface area is 117 Å². The molecule has 0 spiro atoms. The molecule has 1 aromatic rings. The first-order valence-electron chi connectivity index (χ1n) is 6.21. The minimum atomic E-state index is -1.10. The number of para-hydroxylation sites is 1. The van der Waals surface area contributed by atoms with Gasteiger partial charge in [0, 0.05) is 6.07 Å². The van der Waals surface area contributed by atoms with Crippen LogP contribution >= 0.6 is 0 Å². The SMILES string of the molecule is Cc1cccc([N+](=O)[O-])c1OCCCC(C)(N)C(N)=O. The number of hydrogen-bond donors (Lipinski definition) is 2. The molecule has 0 heterocycles. The average molecular weight is 281 g/mol. The Morgan fingerprint density at radius 1 is 1.50 bits per heavy atom. The van der Waals surface area contributed by atoms with E-state index in [2.05, 4.69) is 0 Å². The van der Waals surface area contributed by atoms with E-state index in [-0.39, 0.29) is 18.0 Å². The third-order valence-corrected chi connectivity index (χ3v) is 3.04. The Hall–Kier alpha value is -2.15. The van der Waals surface area contributed by atoms with Gasteiger partial charge in [-0.25, -0.2) is 0 Å². The number of rotatable bonds is 7. The van der Waals surface area contributed by atoms with Gasteiger partial charge in [-0.1, -0.05) is 12.1 Å². The van der Waals surface area contributed by atoms with Crippen LogP contribution in [-0.2, 0) is 4.79 Å². The molecule has 1 atom stereocenters. The van der Waals surface area contributed by atoms with Crippen molar-refractivity contribution in [3.05, 3.63) is 33.9 Å². The standard InChI is InChI=1S/C13H19N3O4/c1-9-5-3-6-10(16(18)19)11(9)20-8-4-7-13(2,15)12(14)17/h3,5-6H,4,7-8,15H2,1-2H3,(H2,14,17). The van der Waals surface area contributed by atoms with Gasteiger partial charge in [0.1, 0.15) is 0 Å². The van der Waals surface area contributed by atoms with E-state index in [1.807, 2.05) is 0 Å². The molecule has 0 radical (unpaired) electrons. The highest BCUT2D eigenvalue weighted by atomic mass is 16.6. The number of nitro groups is 1. The van der Waals surface area contributed by atoms with Crippen LogP contribution in [0.2, 0.25) is 0 Å². The van der Waals surface area contributed by atoms with Crippen LogP contribution in [-0.4, -0.2) is 23.0 Å². The van der Waals surface area contributed by atoms with Crippen molar-refractivity contribution in [1.29, 1.82) is 0 Å². The van der Waals surface area contributed by atoms with Gasteiger partial charge in [-0.05, 0) is 32.3 Å². The van der Waals surface area contributed by atoms with E-state index in [1.54, 1.807) is 26.0 Å². The topological polar surface area (TPSA) is 121 Å². The maximum Gasteiger partial charge on any atom is 0.311 e.